The predicted molar refractivity (Wildman–Crippen MR) is 78.8 cm³/mol. The fourth-order valence-electron chi connectivity index (χ4n) is 3.33. The maximum atomic E-state index is 5.86. The van der Waals surface area contributed by atoms with Crippen molar-refractivity contribution in [3.8, 4) is 0 Å². The molecule has 2 nitrogen and oxygen atoms in total. The van der Waals surface area contributed by atoms with Crippen molar-refractivity contribution in [2.75, 3.05) is 13.2 Å². The first-order chi connectivity index (χ1) is 8.52. The molecule has 0 radical (unpaired) electrons. The number of nitrogens with one attached hydrogen (secondary N) is 1. The van der Waals surface area contributed by atoms with E-state index in [0.717, 1.165) is 30.9 Å². The Morgan fingerprint density at radius 2 is 1.72 bits per heavy atom. The Labute approximate surface area is 114 Å². The molecule has 3 unspecified atom stereocenters. The van der Waals surface area contributed by atoms with E-state index in [1.54, 1.807) is 0 Å². The highest BCUT2D eigenvalue weighted by atomic mass is 16.5. The molecule has 1 aliphatic carbocycles. The highest BCUT2D eigenvalue weighted by Gasteiger charge is 2.29. The average molecular weight is 255 g/mol. The molecule has 0 aromatic carbocycles. The van der Waals surface area contributed by atoms with Crippen molar-refractivity contribution < 1.29 is 4.74 Å². The normalized spacial score (nSPS) is 30.7. The van der Waals surface area contributed by atoms with E-state index in [1.807, 2.05) is 0 Å². The monoisotopic (exact) mass is 255 g/mol. The van der Waals surface area contributed by atoms with Gasteiger partial charge in [-0.05, 0) is 63.8 Å². The van der Waals surface area contributed by atoms with Crippen LogP contribution >= 0.6 is 0 Å². The minimum absolute atomic E-state index is 0.342. The molecule has 0 aliphatic heterocycles. The van der Waals surface area contributed by atoms with Gasteiger partial charge >= 0.3 is 0 Å². The Bertz CT molecular complexity index is 207. The van der Waals surface area contributed by atoms with Gasteiger partial charge in [-0.3, -0.25) is 0 Å². The topological polar surface area (TPSA) is 21.3 Å². The van der Waals surface area contributed by atoms with Crippen molar-refractivity contribution >= 4 is 0 Å². The molecule has 1 N–H and O–H groups in total. The van der Waals surface area contributed by atoms with Crippen LogP contribution in [0.4, 0.5) is 0 Å². The number of hydrogen-bond acceptors (Lipinski definition) is 2. The first-order valence-electron chi connectivity index (χ1n) is 7.87. The van der Waals surface area contributed by atoms with Gasteiger partial charge in [0, 0.05) is 6.04 Å². The van der Waals surface area contributed by atoms with Gasteiger partial charge in [-0.15, -0.1) is 0 Å². The number of hydrogen-bond donors (Lipinski definition) is 1. The second-order valence-electron chi connectivity index (χ2n) is 6.62. The zero-order valence-electron chi connectivity index (χ0n) is 13.0. The summed E-state index contributed by atoms with van der Waals surface area (Å²) in [7, 11) is 0. The molecule has 0 heterocycles. The van der Waals surface area contributed by atoms with E-state index in [4.69, 9.17) is 4.74 Å². The zero-order valence-corrected chi connectivity index (χ0v) is 13.0. The van der Waals surface area contributed by atoms with E-state index in [2.05, 4.69) is 39.9 Å². The maximum Gasteiger partial charge on any atom is 0.0625 e. The Morgan fingerprint density at radius 3 is 2.22 bits per heavy atom. The lowest BCUT2D eigenvalue weighted by Gasteiger charge is -2.37. The molecule has 0 spiro atoms. The quantitative estimate of drug-likeness (QED) is 0.746. The molecular weight excluding hydrogens is 222 g/mol. The number of ether oxygens (including phenoxy) is 1. The molecule has 18 heavy (non-hydrogen) atoms. The van der Waals surface area contributed by atoms with Crippen molar-refractivity contribution in [2.45, 2.75) is 72.4 Å². The van der Waals surface area contributed by atoms with E-state index in [0.29, 0.717) is 12.1 Å². The van der Waals surface area contributed by atoms with Gasteiger partial charge in [-0.25, -0.2) is 0 Å². The van der Waals surface area contributed by atoms with Gasteiger partial charge in [-0.1, -0.05) is 20.8 Å². The summed E-state index contributed by atoms with van der Waals surface area (Å²) in [4.78, 5) is 0. The second kappa shape index (κ2) is 8.16. The molecular formula is C16H33NO. The van der Waals surface area contributed by atoms with Crippen molar-refractivity contribution in [1.82, 2.24) is 5.32 Å². The molecule has 0 amide bonds. The fourth-order valence-corrected chi connectivity index (χ4v) is 3.33. The average Bonchev–Trinajstić information content (AvgIpc) is 2.27. The van der Waals surface area contributed by atoms with Crippen LogP contribution < -0.4 is 5.32 Å². The van der Waals surface area contributed by atoms with Crippen LogP contribution in [0.5, 0.6) is 0 Å². The van der Waals surface area contributed by atoms with Crippen LogP contribution in [-0.2, 0) is 4.74 Å². The van der Waals surface area contributed by atoms with Gasteiger partial charge in [0.1, 0.15) is 0 Å². The van der Waals surface area contributed by atoms with Gasteiger partial charge < -0.3 is 10.1 Å². The van der Waals surface area contributed by atoms with Crippen LogP contribution in [0, 0.1) is 17.8 Å². The Balaban J connectivity index is 2.50. The van der Waals surface area contributed by atoms with E-state index in [9.17, 15) is 0 Å². The van der Waals surface area contributed by atoms with E-state index in [1.165, 1.54) is 25.7 Å². The fraction of sp³-hybridized carbons (Fsp3) is 1.00. The Hall–Kier alpha value is -0.0800. The van der Waals surface area contributed by atoms with Crippen LogP contribution in [-0.4, -0.2) is 25.3 Å². The van der Waals surface area contributed by atoms with Gasteiger partial charge in [0.15, 0.2) is 0 Å². The molecule has 0 bridgehead atoms. The summed E-state index contributed by atoms with van der Waals surface area (Å²) in [5, 5.41) is 3.71. The van der Waals surface area contributed by atoms with Crippen LogP contribution in [0.2, 0.25) is 0 Å². The summed E-state index contributed by atoms with van der Waals surface area (Å²) in [6.07, 6.45) is 5.69. The lowest BCUT2D eigenvalue weighted by atomic mass is 9.74. The molecule has 2 heteroatoms. The summed E-state index contributed by atoms with van der Waals surface area (Å²) >= 11 is 0. The summed E-state index contributed by atoms with van der Waals surface area (Å²) in [6.45, 7) is 13.3. The molecule has 1 fully saturated rings. The van der Waals surface area contributed by atoms with Gasteiger partial charge in [0.25, 0.3) is 0 Å². The summed E-state index contributed by atoms with van der Waals surface area (Å²) in [5.41, 5.74) is 0. The molecule has 3 atom stereocenters. The van der Waals surface area contributed by atoms with E-state index < -0.39 is 0 Å². The molecule has 108 valence electrons. The minimum atomic E-state index is 0.342. The third-order valence-electron chi connectivity index (χ3n) is 4.05. The molecule has 1 saturated carbocycles. The van der Waals surface area contributed by atoms with Crippen molar-refractivity contribution in [1.29, 1.82) is 0 Å². The zero-order chi connectivity index (χ0) is 13.5. The summed E-state index contributed by atoms with van der Waals surface area (Å²) in [5.74, 6) is 2.56. The largest absolute Gasteiger partial charge is 0.377 e. The predicted octanol–water partition coefficient (Wildman–Crippen LogP) is 3.85. The smallest absolute Gasteiger partial charge is 0.0625 e. The lowest BCUT2D eigenvalue weighted by molar-refractivity contribution is 0.0350. The van der Waals surface area contributed by atoms with Gasteiger partial charge in [-0.2, -0.15) is 0 Å². The van der Waals surface area contributed by atoms with Crippen LogP contribution in [0.15, 0.2) is 0 Å². The summed E-state index contributed by atoms with van der Waals surface area (Å²) < 4.78 is 5.86. The SMILES string of the molecule is CCCNC(COC(C)C)C1CC(C)CC(C)C1. The summed E-state index contributed by atoms with van der Waals surface area (Å²) in [6, 6.07) is 0.553. The maximum absolute atomic E-state index is 5.86. The molecule has 1 aliphatic rings. The molecule has 0 aromatic heterocycles. The van der Waals surface area contributed by atoms with Crippen molar-refractivity contribution in [3.05, 3.63) is 0 Å². The van der Waals surface area contributed by atoms with E-state index in [-0.39, 0.29) is 0 Å². The third kappa shape index (κ3) is 5.71. The van der Waals surface area contributed by atoms with Gasteiger partial charge in [0.05, 0.1) is 12.7 Å². The second-order valence-corrected chi connectivity index (χ2v) is 6.62. The first kappa shape index (κ1) is 16.0. The highest BCUT2D eigenvalue weighted by Crippen LogP contribution is 2.34. The lowest BCUT2D eigenvalue weighted by Crippen LogP contribution is -2.43. The first-order valence-corrected chi connectivity index (χ1v) is 7.87. The van der Waals surface area contributed by atoms with Gasteiger partial charge in [0.2, 0.25) is 0 Å². The third-order valence-corrected chi connectivity index (χ3v) is 4.05. The number of rotatable bonds is 7. The minimum Gasteiger partial charge on any atom is -0.377 e. The molecule has 1 rings (SSSR count). The molecule has 0 aromatic rings. The standard InChI is InChI=1S/C16H33NO/c1-6-7-17-16(11-18-12(2)3)15-9-13(4)8-14(5)10-15/h12-17H,6-11H2,1-5H3. The molecule has 0 saturated heterocycles. The van der Waals surface area contributed by atoms with Crippen molar-refractivity contribution in [2.24, 2.45) is 17.8 Å². The van der Waals surface area contributed by atoms with E-state index >= 15 is 0 Å². The van der Waals surface area contributed by atoms with Crippen LogP contribution in [0.1, 0.15) is 60.3 Å². The Morgan fingerprint density at radius 1 is 1.11 bits per heavy atom. The van der Waals surface area contributed by atoms with Crippen LogP contribution in [0.3, 0.4) is 0 Å². The highest BCUT2D eigenvalue weighted by molar-refractivity contribution is 4.84. The Kier molecular flexibility index (Phi) is 7.25. The van der Waals surface area contributed by atoms with Crippen LogP contribution in [0.25, 0.3) is 0 Å². The van der Waals surface area contributed by atoms with Crippen molar-refractivity contribution in [3.63, 3.8) is 0 Å².